The monoisotopic (exact) mass is 324 g/mol. The highest BCUT2D eigenvalue weighted by molar-refractivity contribution is 7.80. The molecule has 2 rings (SSSR count). The lowest BCUT2D eigenvalue weighted by Crippen LogP contribution is -2.34. The molecular weight excluding hydrogens is 311 g/mol. The number of benzene rings is 2. The van der Waals surface area contributed by atoms with Crippen molar-refractivity contribution >= 4 is 40.5 Å². The van der Waals surface area contributed by atoms with E-state index in [1.165, 1.54) is 5.56 Å². The van der Waals surface area contributed by atoms with Crippen LogP contribution < -0.4 is 10.6 Å². The zero-order valence-corrected chi connectivity index (χ0v) is 13.0. The van der Waals surface area contributed by atoms with E-state index in [4.69, 9.17) is 35.4 Å². The molecule has 2 N–H and O–H groups in total. The van der Waals surface area contributed by atoms with Gasteiger partial charge in [-0.2, -0.15) is 0 Å². The lowest BCUT2D eigenvalue weighted by atomic mass is 10.2. The van der Waals surface area contributed by atoms with Crippen molar-refractivity contribution in [3.63, 3.8) is 0 Å². The Morgan fingerprint density at radius 1 is 0.950 bits per heavy atom. The predicted octanol–water partition coefficient (Wildman–Crippen LogP) is 4.16. The molecule has 0 saturated carbocycles. The molecule has 0 aliphatic rings. The third kappa shape index (κ3) is 4.67. The molecule has 0 unspecified atom stereocenters. The molecule has 20 heavy (non-hydrogen) atoms. The van der Waals surface area contributed by atoms with Gasteiger partial charge in [0.25, 0.3) is 0 Å². The topological polar surface area (TPSA) is 24.1 Å². The molecule has 104 valence electrons. The average Bonchev–Trinajstić information content (AvgIpc) is 2.45. The maximum absolute atomic E-state index is 6.10. The Balaban J connectivity index is 1.80. The van der Waals surface area contributed by atoms with Crippen molar-refractivity contribution in [1.29, 1.82) is 0 Å². The summed E-state index contributed by atoms with van der Waals surface area (Å²) in [6, 6.07) is 15.5. The third-order valence-electron chi connectivity index (χ3n) is 2.75. The summed E-state index contributed by atoms with van der Waals surface area (Å²) in [6.45, 7) is 1.26. The minimum atomic E-state index is 0.566. The van der Waals surface area contributed by atoms with Gasteiger partial charge in [-0.3, -0.25) is 0 Å². The van der Waals surface area contributed by atoms with Gasteiger partial charge in [0.15, 0.2) is 5.11 Å². The predicted molar refractivity (Wildman–Crippen MR) is 89.2 cm³/mol. The van der Waals surface area contributed by atoms with Gasteiger partial charge in [-0.05, 0) is 35.5 Å². The highest BCUT2D eigenvalue weighted by Gasteiger charge is 2.02. The summed E-state index contributed by atoms with van der Waals surface area (Å²) in [4.78, 5) is 0. The summed E-state index contributed by atoms with van der Waals surface area (Å²) in [5.74, 6) is 0. The van der Waals surface area contributed by atoms with Gasteiger partial charge in [-0.1, -0.05) is 59.6 Å². The molecule has 0 radical (unpaired) electrons. The minimum Gasteiger partial charge on any atom is -0.359 e. The van der Waals surface area contributed by atoms with Crippen LogP contribution in [0.15, 0.2) is 48.5 Å². The van der Waals surface area contributed by atoms with Crippen LogP contribution in [0.1, 0.15) is 11.1 Å². The van der Waals surface area contributed by atoms with Crippen LogP contribution >= 0.6 is 35.4 Å². The summed E-state index contributed by atoms with van der Waals surface area (Å²) in [7, 11) is 0. The average molecular weight is 325 g/mol. The summed E-state index contributed by atoms with van der Waals surface area (Å²) in [6.07, 6.45) is 0. The van der Waals surface area contributed by atoms with Crippen molar-refractivity contribution in [2.45, 2.75) is 13.1 Å². The molecule has 0 atom stereocenters. The van der Waals surface area contributed by atoms with Gasteiger partial charge in [-0.15, -0.1) is 0 Å². The molecule has 0 heterocycles. The SMILES string of the molecule is S=C(NCc1ccccc1)NCc1ccc(Cl)cc1Cl. The number of thiocarbonyl (C=S) groups is 1. The van der Waals surface area contributed by atoms with Crippen LogP contribution in [0.4, 0.5) is 0 Å². The molecule has 5 heteroatoms. The van der Waals surface area contributed by atoms with Gasteiger partial charge in [0.1, 0.15) is 0 Å². The van der Waals surface area contributed by atoms with Crippen molar-refractivity contribution in [1.82, 2.24) is 10.6 Å². The van der Waals surface area contributed by atoms with Crippen LogP contribution in [0.3, 0.4) is 0 Å². The maximum atomic E-state index is 6.10. The normalized spacial score (nSPS) is 10.1. The highest BCUT2D eigenvalue weighted by Crippen LogP contribution is 2.20. The molecule has 2 nitrogen and oxygen atoms in total. The van der Waals surface area contributed by atoms with E-state index < -0.39 is 0 Å². The van der Waals surface area contributed by atoms with Gasteiger partial charge < -0.3 is 10.6 Å². The standard InChI is InChI=1S/C15H14Cl2N2S/c16-13-7-6-12(14(17)8-13)10-19-15(20)18-9-11-4-2-1-3-5-11/h1-8H,9-10H2,(H2,18,19,20). The van der Waals surface area contributed by atoms with Gasteiger partial charge in [-0.25, -0.2) is 0 Å². The van der Waals surface area contributed by atoms with Crippen LogP contribution in [0.25, 0.3) is 0 Å². The Kier molecular flexibility index (Phi) is 5.65. The fourth-order valence-electron chi connectivity index (χ4n) is 1.68. The lowest BCUT2D eigenvalue weighted by molar-refractivity contribution is 0.833. The molecule has 2 aromatic carbocycles. The summed E-state index contributed by atoms with van der Waals surface area (Å²) >= 11 is 17.2. The van der Waals surface area contributed by atoms with Crippen molar-refractivity contribution in [3.8, 4) is 0 Å². The van der Waals surface area contributed by atoms with Crippen LogP contribution in [-0.4, -0.2) is 5.11 Å². The molecule has 0 fully saturated rings. The summed E-state index contributed by atoms with van der Waals surface area (Å²) < 4.78 is 0. The van der Waals surface area contributed by atoms with E-state index in [9.17, 15) is 0 Å². The quantitative estimate of drug-likeness (QED) is 0.826. The second kappa shape index (κ2) is 7.48. The van der Waals surface area contributed by atoms with Gasteiger partial charge >= 0.3 is 0 Å². The van der Waals surface area contributed by atoms with Gasteiger partial charge in [0.2, 0.25) is 0 Å². The number of halogens is 2. The Morgan fingerprint density at radius 2 is 1.65 bits per heavy atom. The fourth-order valence-corrected chi connectivity index (χ4v) is 2.30. The summed E-state index contributed by atoms with van der Waals surface area (Å²) in [5.41, 5.74) is 2.14. The maximum Gasteiger partial charge on any atom is 0.166 e. The van der Waals surface area contributed by atoms with Crippen molar-refractivity contribution in [2.75, 3.05) is 0 Å². The van der Waals surface area contributed by atoms with E-state index in [-0.39, 0.29) is 0 Å². The van der Waals surface area contributed by atoms with E-state index in [0.29, 0.717) is 28.2 Å². The Morgan fingerprint density at radius 3 is 2.35 bits per heavy atom. The zero-order valence-electron chi connectivity index (χ0n) is 10.7. The van der Waals surface area contributed by atoms with E-state index in [1.807, 2.05) is 42.5 Å². The Labute approximate surface area is 134 Å². The van der Waals surface area contributed by atoms with Gasteiger partial charge in [0.05, 0.1) is 0 Å². The van der Waals surface area contributed by atoms with Gasteiger partial charge in [0, 0.05) is 23.1 Å². The molecule has 0 aliphatic heterocycles. The number of nitrogens with one attached hydrogen (secondary N) is 2. The Bertz CT molecular complexity index is 588. The largest absolute Gasteiger partial charge is 0.359 e. The molecule has 0 spiro atoms. The minimum absolute atomic E-state index is 0.566. The van der Waals surface area contributed by atoms with E-state index in [1.54, 1.807) is 6.07 Å². The second-order valence-electron chi connectivity index (χ2n) is 4.26. The molecule has 0 aliphatic carbocycles. The molecular formula is C15H14Cl2N2S. The zero-order chi connectivity index (χ0) is 14.4. The van der Waals surface area contributed by atoms with Crippen molar-refractivity contribution in [2.24, 2.45) is 0 Å². The van der Waals surface area contributed by atoms with E-state index in [0.717, 1.165) is 5.56 Å². The van der Waals surface area contributed by atoms with Crippen molar-refractivity contribution in [3.05, 3.63) is 69.7 Å². The molecule has 2 aromatic rings. The first-order chi connectivity index (χ1) is 9.65. The van der Waals surface area contributed by atoms with Crippen molar-refractivity contribution < 1.29 is 0 Å². The van der Waals surface area contributed by atoms with Crippen LogP contribution in [0.2, 0.25) is 10.0 Å². The van der Waals surface area contributed by atoms with E-state index >= 15 is 0 Å². The molecule has 0 amide bonds. The highest BCUT2D eigenvalue weighted by atomic mass is 35.5. The third-order valence-corrected chi connectivity index (χ3v) is 3.63. The molecule has 0 aromatic heterocycles. The number of rotatable bonds is 4. The first kappa shape index (κ1) is 15.1. The number of hydrogen-bond acceptors (Lipinski definition) is 1. The lowest BCUT2D eigenvalue weighted by Gasteiger charge is -2.11. The first-order valence-corrected chi connectivity index (χ1v) is 7.31. The van der Waals surface area contributed by atoms with Crippen LogP contribution in [0, 0.1) is 0 Å². The van der Waals surface area contributed by atoms with Crippen LogP contribution in [0.5, 0.6) is 0 Å². The molecule has 0 bridgehead atoms. The smallest absolute Gasteiger partial charge is 0.166 e. The number of hydrogen-bond donors (Lipinski definition) is 2. The fraction of sp³-hybridized carbons (Fsp3) is 0.133. The first-order valence-electron chi connectivity index (χ1n) is 6.15. The Hall–Kier alpha value is -1.29. The second-order valence-corrected chi connectivity index (χ2v) is 5.51. The van der Waals surface area contributed by atoms with E-state index in [2.05, 4.69) is 10.6 Å². The molecule has 0 saturated heterocycles. The van der Waals surface area contributed by atoms with Crippen LogP contribution in [-0.2, 0) is 13.1 Å². The summed E-state index contributed by atoms with van der Waals surface area (Å²) in [5, 5.41) is 8.13.